The minimum atomic E-state index is -0.521. The fourth-order valence-electron chi connectivity index (χ4n) is 4.13. The highest BCUT2D eigenvalue weighted by Crippen LogP contribution is 2.11. The molecule has 42 heavy (non-hydrogen) atoms. The third-order valence-corrected chi connectivity index (χ3v) is 5.90. The van der Waals surface area contributed by atoms with E-state index < -0.39 is 11.6 Å². The van der Waals surface area contributed by atoms with E-state index in [1.165, 1.54) is 23.3 Å². The number of allylic oxidation sites excluding steroid dienone is 3. The van der Waals surface area contributed by atoms with E-state index in [4.69, 9.17) is 0 Å². The van der Waals surface area contributed by atoms with Crippen LogP contribution in [0.2, 0.25) is 0 Å². The maximum Gasteiger partial charge on any atom is 0.211 e. The van der Waals surface area contributed by atoms with E-state index in [1.54, 1.807) is 17.9 Å². The van der Waals surface area contributed by atoms with Gasteiger partial charge in [0.05, 0.1) is 6.67 Å². The third kappa shape index (κ3) is 16.4. The van der Waals surface area contributed by atoms with Crippen molar-refractivity contribution in [3.05, 3.63) is 144 Å². The average molecular weight is 576 g/mol. The summed E-state index contributed by atoms with van der Waals surface area (Å²) in [5.74, 6) is -1.04. The topological polar surface area (TPSA) is 35.6 Å². The van der Waals surface area contributed by atoms with Gasteiger partial charge < -0.3 is 4.90 Å². The second-order valence-corrected chi connectivity index (χ2v) is 9.47. The Labute approximate surface area is 252 Å². The number of rotatable bonds is 15. The molecule has 0 aromatic heterocycles. The summed E-state index contributed by atoms with van der Waals surface area (Å²) >= 11 is 0. The van der Waals surface area contributed by atoms with Crippen LogP contribution in [0.1, 0.15) is 43.9 Å². The molecule has 226 valence electrons. The Balaban J connectivity index is 0.000000673. The number of nitrogens with one attached hydrogen (secondary N) is 1. The molecule has 0 aliphatic heterocycles. The molecule has 0 aliphatic rings. The van der Waals surface area contributed by atoms with Crippen molar-refractivity contribution in [2.45, 2.75) is 47.2 Å². The lowest BCUT2D eigenvalue weighted by atomic mass is 10.1. The van der Waals surface area contributed by atoms with Gasteiger partial charge in [0.25, 0.3) is 0 Å². The minimum Gasteiger partial charge on any atom is -0.328 e. The highest BCUT2D eigenvalue weighted by molar-refractivity contribution is 5.48. The van der Waals surface area contributed by atoms with Crippen LogP contribution in [0.15, 0.2) is 115 Å². The van der Waals surface area contributed by atoms with Gasteiger partial charge in [0.2, 0.25) is 6.41 Å². The summed E-state index contributed by atoms with van der Waals surface area (Å²) in [7, 11) is 0. The molecule has 0 spiro atoms. The zero-order valence-electron chi connectivity index (χ0n) is 25.6. The molecule has 0 radical (unpaired) electrons. The second kappa shape index (κ2) is 22.8. The summed E-state index contributed by atoms with van der Waals surface area (Å²) in [5, 5.41) is 3.40. The van der Waals surface area contributed by atoms with Crippen molar-refractivity contribution in [1.82, 2.24) is 15.1 Å². The zero-order valence-corrected chi connectivity index (χ0v) is 25.6. The molecular formula is C36H47F2N3O. The van der Waals surface area contributed by atoms with Gasteiger partial charge in [0.1, 0.15) is 11.6 Å². The first-order valence-electron chi connectivity index (χ1n) is 14.5. The number of carbonyl (C=O) groups is 1. The maximum atomic E-state index is 12.2. The Morgan fingerprint density at radius 1 is 0.905 bits per heavy atom. The number of nitrogens with zero attached hydrogens (tertiary/aromatic N) is 2. The van der Waals surface area contributed by atoms with E-state index in [1.807, 2.05) is 39.0 Å². The highest BCUT2D eigenvalue weighted by atomic mass is 19.1. The molecule has 0 saturated carbocycles. The van der Waals surface area contributed by atoms with Crippen molar-refractivity contribution in [3.8, 4) is 0 Å². The lowest BCUT2D eigenvalue weighted by Crippen LogP contribution is -2.36. The number of carbonyl (C=O) groups excluding carboxylic acids is 1. The first kappa shape index (κ1) is 36.2. The van der Waals surface area contributed by atoms with Crippen LogP contribution < -0.4 is 5.32 Å². The summed E-state index contributed by atoms with van der Waals surface area (Å²) in [6, 6.07) is 24.6. The molecule has 0 unspecified atom stereocenters. The van der Waals surface area contributed by atoms with Crippen LogP contribution >= 0.6 is 0 Å². The lowest BCUT2D eigenvalue weighted by molar-refractivity contribution is -0.118. The van der Waals surface area contributed by atoms with E-state index in [-0.39, 0.29) is 0 Å². The first-order chi connectivity index (χ1) is 20.4. The van der Waals surface area contributed by atoms with Crippen LogP contribution in [0, 0.1) is 18.6 Å². The second-order valence-electron chi connectivity index (χ2n) is 9.47. The van der Waals surface area contributed by atoms with Crippen molar-refractivity contribution in [3.63, 3.8) is 0 Å². The third-order valence-electron chi connectivity index (χ3n) is 5.90. The van der Waals surface area contributed by atoms with Gasteiger partial charge in [0.15, 0.2) is 0 Å². The first-order valence-corrected chi connectivity index (χ1v) is 14.5. The predicted molar refractivity (Wildman–Crippen MR) is 173 cm³/mol. The molecule has 3 aromatic carbocycles. The molecule has 0 heterocycles. The van der Waals surface area contributed by atoms with Crippen LogP contribution in [0.5, 0.6) is 0 Å². The van der Waals surface area contributed by atoms with Crippen LogP contribution in [0.25, 0.3) is 0 Å². The number of hydrogen-bond acceptors (Lipinski definition) is 3. The Bertz CT molecular complexity index is 1100. The van der Waals surface area contributed by atoms with Gasteiger partial charge in [-0.2, -0.15) is 0 Å². The van der Waals surface area contributed by atoms with Crippen molar-refractivity contribution >= 4 is 6.41 Å². The molecule has 6 heteroatoms. The Hall–Kier alpha value is -3.87. The fourth-order valence-corrected chi connectivity index (χ4v) is 4.13. The van der Waals surface area contributed by atoms with Gasteiger partial charge in [-0.1, -0.05) is 105 Å². The monoisotopic (exact) mass is 575 g/mol. The summed E-state index contributed by atoms with van der Waals surface area (Å²) < 4.78 is 24.4. The molecular weight excluding hydrogens is 528 g/mol. The van der Waals surface area contributed by atoms with E-state index in [2.05, 4.69) is 77.5 Å². The summed E-state index contributed by atoms with van der Waals surface area (Å²) in [6.45, 7) is 16.2. The number of amides is 1. The van der Waals surface area contributed by atoms with Gasteiger partial charge in [-0.15, -0.1) is 0 Å². The van der Waals surface area contributed by atoms with Crippen molar-refractivity contribution in [1.29, 1.82) is 0 Å². The van der Waals surface area contributed by atoms with Crippen LogP contribution in [-0.2, 0) is 17.9 Å². The van der Waals surface area contributed by atoms with Crippen molar-refractivity contribution in [2.75, 3.05) is 26.3 Å². The summed E-state index contributed by atoms with van der Waals surface area (Å²) in [6.07, 6.45) is 9.56. The molecule has 3 aromatic rings. The fraction of sp³-hybridized carbons (Fsp3) is 0.306. The van der Waals surface area contributed by atoms with Crippen LogP contribution in [0.4, 0.5) is 8.78 Å². The van der Waals surface area contributed by atoms with E-state index in [0.717, 1.165) is 50.6 Å². The van der Waals surface area contributed by atoms with Crippen molar-refractivity contribution in [2.24, 2.45) is 0 Å². The molecule has 0 fully saturated rings. The van der Waals surface area contributed by atoms with Crippen LogP contribution in [-0.4, -0.2) is 42.5 Å². The zero-order chi connectivity index (χ0) is 31.0. The van der Waals surface area contributed by atoms with E-state index in [0.29, 0.717) is 18.8 Å². The van der Waals surface area contributed by atoms with E-state index >= 15 is 0 Å². The molecule has 0 bridgehead atoms. The molecule has 4 nitrogen and oxygen atoms in total. The number of aryl methyl sites for hydroxylation is 1. The SMILES string of the molecule is C=C/C=C(\C=C/C)CN(C=O)CNCCCN(Cc1ccccc1)Cc1ccccc1.CC.Cc1cc(F)cc(F)c1. The van der Waals surface area contributed by atoms with Gasteiger partial charge in [-0.25, -0.2) is 8.78 Å². The van der Waals surface area contributed by atoms with E-state index in [9.17, 15) is 13.6 Å². The van der Waals surface area contributed by atoms with Crippen molar-refractivity contribution < 1.29 is 13.6 Å². The standard InChI is InChI=1S/C27H35N3O.C7H6F2.C2H6/c1-3-12-25(13-4-2)22-30(24-31)23-28-18-11-19-29(20-26-14-7-5-8-15-26)21-27-16-9-6-10-17-27;1-5-2-6(8)4-7(9)3-5;1-2/h3-10,12-17,24,28H,1,11,18-23H2,2H3;2-4H,1H3;1-2H3/b13-4-,25-12+;;. The van der Waals surface area contributed by atoms with Gasteiger partial charge >= 0.3 is 0 Å². The van der Waals surface area contributed by atoms with Gasteiger partial charge in [-0.05, 0) is 61.2 Å². The molecule has 3 rings (SSSR count). The van der Waals surface area contributed by atoms with Gasteiger partial charge in [-0.3, -0.25) is 15.0 Å². The summed E-state index contributed by atoms with van der Waals surface area (Å²) in [5.41, 5.74) is 4.31. The predicted octanol–water partition coefficient (Wildman–Crippen LogP) is 8.07. The normalized spacial score (nSPS) is 10.9. The molecule has 0 atom stereocenters. The highest BCUT2D eigenvalue weighted by Gasteiger charge is 2.08. The maximum absolute atomic E-state index is 12.2. The minimum absolute atomic E-state index is 0.521. The Morgan fingerprint density at radius 3 is 1.90 bits per heavy atom. The number of hydrogen-bond donors (Lipinski definition) is 1. The molecule has 1 N–H and O–H groups in total. The van der Waals surface area contributed by atoms with Crippen LogP contribution in [0.3, 0.4) is 0 Å². The van der Waals surface area contributed by atoms with Gasteiger partial charge in [0, 0.05) is 32.2 Å². The quantitative estimate of drug-likeness (QED) is 0.0861. The summed E-state index contributed by atoms with van der Waals surface area (Å²) in [4.78, 5) is 15.6. The largest absolute Gasteiger partial charge is 0.328 e. The lowest BCUT2D eigenvalue weighted by Gasteiger charge is -2.23. The molecule has 0 saturated heterocycles. The Kier molecular flexibility index (Phi) is 19.6. The number of halogens is 2. The Morgan fingerprint density at radius 2 is 1.45 bits per heavy atom. The number of benzene rings is 3. The smallest absolute Gasteiger partial charge is 0.211 e. The molecule has 0 aliphatic carbocycles. The molecule has 1 amide bonds. The average Bonchev–Trinajstić information content (AvgIpc) is 2.98.